The van der Waals surface area contributed by atoms with Crippen molar-refractivity contribution in [3.05, 3.63) is 52.1 Å². The van der Waals surface area contributed by atoms with Gasteiger partial charge in [-0.3, -0.25) is 0 Å². The molecule has 2 aromatic rings. The van der Waals surface area contributed by atoms with Crippen LogP contribution in [0.25, 0.3) is 0 Å². The molecule has 16 heavy (non-hydrogen) atoms. The first-order valence-electron chi connectivity index (χ1n) is 4.44. The molecule has 0 atom stereocenters. The molecule has 76 valence electrons. The first-order chi connectivity index (χ1) is 7.24. The van der Waals surface area contributed by atoms with Crippen molar-refractivity contribution in [1.29, 1.82) is 0 Å². The summed E-state index contributed by atoms with van der Waals surface area (Å²) in [5.74, 6) is 1.44. The molecule has 0 unspecified atom stereocenters. The van der Waals surface area contributed by atoms with Crippen LogP contribution in [0.5, 0.6) is 17.2 Å². The van der Waals surface area contributed by atoms with Crippen LogP contribution in [-0.4, -0.2) is 0 Å². The molecule has 2 aromatic carbocycles. The van der Waals surface area contributed by atoms with Crippen molar-refractivity contribution >= 4 is 22.6 Å². The molecule has 0 aliphatic rings. The van der Waals surface area contributed by atoms with Gasteiger partial charge in [0.15, 0.2) is 0 Å². The van der Waals surface area contributed by atoms with Crippen LogP contribution >= 0.6 is 22.6 Å². The second kappa shape index (κ2) is 6.49. The van der Waals surface area contributed by atoms with Crippen LogP contribution in [0.1, 0.15) is 0 Å². The zero-order chi connectivity index (χ0) is 10.7. The summed E-state index contributed by atoms with van der Waals surface area (Å²) in [6, 6.07) is 14.0. The molecule has 0 spiro atoms. The Labute approximate surface area is 130 Å². The molecule has 0 bridgehead atoms. The number of benzene rings is 2. The van der Waals surface area contributed by atoms with Gasteiger partial charge in [-0.2, -0.15) is 0 Å². The predicted octanol–water partition coefficient (Wildman–Crippen LogP) is 0.161. The molecule has 0 heterocycles. The van der Waals surface area contributed by atoms with Gasteiger partial charge in [0, 0.05) is 3.57 Å². The van der Waals surface area contributed by atoms with Gasteiger partial charge in [0.1, 0.15) is 11.5 Å². The minimum absolute atomic E-state index is 0. The summed E-state index contributed by atoms with van der Waals surface area (Å²) in [6.45, 7) is 0. The van der Waals surface area contributed by atoms with Crippen molar-refractivity contribution in [3.63, 3.8) is 0 Å². The van der Waals surface area contributed by atoms with Gasteiger partial charge in [-0.05, 0) is 59.0 Å². The van der Waals surface area contributed by atoms with Crippen LogP contribution in [0, 0.1) is 3.57 Å². The largest absolute Gasteiger partial charge is 1.00 e. The first kappa shape index (κ1) is 13.8. The van der Waals surface area contributed by atoms with Gasteiger partial charge in [0.2, 0.25) is 0 Å². The van der Waals surface area contributed by atoms with E-state index in [2.05, 4.69) is 22.6 Å². The number of rotatable bonds is 2. The van der Waals surface area contributed by atoms with Crippen LogP contribution < -0.4 is 39.4 Å². The van der Waals surface area contributed by atoms with Gasteiger partial charge in [-0.15, -0.1) is 5.75 Å². The maximum absolute atomic E-state index is 10.9. The predicted molar refractivity (Wildman–Crippen MR) is 65.1 cm³/mol. The Bertz CT molecular complexity index is 396. The summed E-state index contributed by atoms with van der Waals surface area (Å²) in [6.07, 6.45) is 0. The molecule has 0 fully saturated rings. The zero-order valence-electron chi connectivity index (χ0n) is 8.81. The molecular formula is C12H8INaO2. The van der Waals surface area contributed by atoms with E-state index in [1.807, 2.05) is 24.3 Å². The van der Waals surface area contributed by atoms with Crippen LogP contribution in [-0.2, 0) is 0 Å². The second-order valence-electron chi connectivity index (χ2n) is 3.03. The molecule has 0 amide bonds. The summed E-state index contributed by atoms with van der Waals surface area (Å²) in [5.41, 5.74) is 0. The SMILES string of the molecule is [Na+].[O-]c1ccc(Oc2ccc(I)cc2)cc1. The fraction of sp³-hybridized carbons (Fsp3) is 0. The smallest absolute Gasteiger partial charge is 0.872 e. The number of ether oxygens (including phenoxy) is 1. The molecule has 0 aliphatic heterocycles. The van der Waals surface area contributed by atoms with E-state index in [0.29, 0.717) is 5.75 Å². The van der Waals surface area contributed by atoms with Crippen molar-refractivity contribution < 1.29 is 39.4 Å². The van der Waals surface area contributed by atoms with Gasteiger partial charge in [-0.1, -0.05) is 12.1 Å². The molecule has 0 radical (unpaired) electrons. The topological polar surface area (TPSA) is 32.3 Å². The Morgan fingerprint density at radius 1 is 0.812 bits per heavy atom. The average Bonchev–Trinajstić information content (AvgIpc) is 2.25. The summed E-state index contributed by atoms with van der Waals surface area (Å²) >= 11 is 2.23. The van der Waals surface area contributed by atoms with E-state index in [1.165, 1.54) is 12.1 Å². The van der Waals surface area contributed by atoms with Crippen molar-refractivity contribution in [1.82, 2.24) is 0 Å². The Morgan fingerprint density at radius 3 is 1.75 bits per heavy atom. The van der Waals surface area contributed by atoms with Crippen LogP contribution in [0.2, 0.25) is 0 Å². The van der Waals surface area contributed by atoms with Gasteiger partial charge in [0.05, 0.1) is 0 Å². The summed E-state index contributed by atoms with van der Waals surface area (Å²) in [4.78, 5) is 0. The molecule has 4 heteroatoms. The minimum atomic E-state index is -0.00930. The zero-order valence-corrected chi connectivity index (χ0v) is 13.0. The van der Waals surface area contributed by atoms with E-state index >= 15 is 0 Å². The quantitative estimate of drug-likeness (QED) is 0.579. The van der Waals surface area contributed by atoms with Crippen LogP contribution in [0.4, 0.5) is 0 Å². The second-order valence-corrected chi connectivity index (χ2v) is 4.27. The third kappa shape index (κ3) is 3.97. The average molecular weight is 334 g/mol. The van der Waals surface area contributed by atoms with Crippen molar-refractivity contribution in [2.45, 2.75) is 0 Å². The van der Waals surface area contributed by atoms with Gasteiger partial charge < -0.3 is 9.84 Å². The summed E-state index contributed by atoms with van der Waals surface area (Å²) in [5, 5.41) is 10.9. The van der Waals surface area contributed by atoms with E-state index in [4.69, 9.17) is 4.74 Å². The fourth-order valence-electron chi connectivity index (χ4n) is 1.15. The molecule has 2 rings (SSSR count). The maximum atomic E-state index is 10.9. The Morgan fingerprint density at radius 2 is 1.25 bits per heavy atom. The molecule has 0 aliphatic carbocycles. The van der Waals surface area contributed by atoms with E-state index in [0.717, 1.165) is 9.32 Å². The molecule has 0 saturated carbocycles. The Kier molecular flexibility index (Phi) is 5.61. The third-order valence-electron chi connectivity index (χ3n) is 1.87. The molecule has 2 nitrogen and oxygen atoms in total. The van der Waals surface area contributed by atoms with E-state index in [-0.39, 0.29) is 35.3 Å². The van der Waals surface area contributed by atoms with Gasteiger partial charge in [0.25, 0.3) is 0 Å². The molecule has 0 saturated heterocycles. The summed E-state index contributed by atoms with van der Waals surface area (Å²) < 4.78 is 6.71. The fourth-order valence-corrected chi connectivity index (χ4v) is 1.51. The van der Waals surface area contributed by atoms with E-state index in [1.54, 1.807) is 12.1 Å². The monoisotopic (exact) mass is 334 g/mol. The van der Waals surface area contributed by atoms with E-state index < -0.39 is 0 Å². The van der Waals surface area contributed by atoms with Crippen LogP contribution in [0.15, 0.2) is 48.5 Å². The number of hydrogen-bond donors (Lipinski definition) is 0. The first-order valence-corrected chi connectivity index (χ1v) is 5.52. The molecular weight excluding hydrogens is 326 g/mol. The molecule has 0 aromatic heterocycles. The van der Waals surface area contributed by atoms with Crippen molar-refractivity contribution in [3.8, 4) is 17.2 Å². The number of halogens is 1. The van der Waals surface area contributed by atoms with Crippen LogP contribution in [0.3, 0.4) is 0 Å². The Balaban J connectivity index is 0.00000128. The number of hydrogen-bond acceptors (Lipinski definition) is 2. The third-order valence-corrected chi connectivity index (χ3v) is 2.59. The van der Waals surface area contributed by atoms with Crippen molar-refractivity contribution in [2.24, 2.45) is 0 Å². The normalized spacial score (nSPS) is 9.31. The minimum Gasteiger partial charge on any atom is -0.872 e. The van der Waals surface area contributed by atoms with Gasteiger partial charge >= 0.3 is 29.6 Å². The van der Waals surface area contributed by atoms with E-state index in [9.17, 15) is 5.11 Å². The van der Waals surface area contributed by atoms with Gasteiger partial charge in [-0.25, -0.2) is 0 Å². The van der Waals surface area contributed by atoms with Crippen molar-refractivity contribution in [2.75, 3.05) is 0 Å². The Hall–Kier alpha value is -0.230. The summed E-state index contributed by atoms with van der Waals surface area (Å²) in [7, 11) is 0. The standard InChI is InChI=1S/C12H9IO2.Na/c13-9-1-5-11(6-2-9)15-12-7-3-10(14)4-8-12;/h1-8,14H;/q;+1/p-1. The molecule has 0 N–H and O–H groups in total. The maximum Gasteiger partial charge on any atom is 1.00 e.